The zero-order valence-corrected chi connectivity index (χ0v) is 10.3. The van der Waals surface area contributed by atoms with Crippen LogP contribution >= 0.6 is 0 Å². The average molecular weight is 224 g/mol. The predicted molar refractivity (Wildman–Crippen MR) is 65.2 cm³/mol. The predicted octanol–water partition coefficient (Wildman–Crippen LogP) is 1.82. The highest BCUT2D eigenvalue weighted by atomic mass is 16.1. The first-order chi connectivity index (χ1) is 7.68. The number of hydrogen-bond donors (Lipinski definition) is 2. The molecule has 0 spiro atoms. The molecule has 0 aromatic carbocycles. The summed E-state index contributed by atoms with van der Waals surface area (Å²) in [5, 5.41) is 6.58. The lowest BCUT2D eigenvalue weighted by Gasteiger charge is -2.28. The molecule has 1 aliphatic carbocycles. The molecule has 3 heteroatoms. The van der Waals surface area contributed by atoms with Crippen molar-refractivity contribution < 1.29 is 4.79 Å². The molecule has 0 aromatic heterocycles. The van der Waals surface area contributed by atoms with Gasteiger partial charge in [-0.25, -0.2) is 0 Å². The molecule has 2 fully saturated rings. The summed E-state index contributed by atoms with van der Waals surface area (Å²) in [6.07, 6.45) is 7.90. The molecule has 3 nitrogen and oxygen atoms in total. The Hall–Kier alpha value is -0.570. The van der Waals surface area contributed by atoms with Crippen molar-refractivity contribution in [2.75, 3.05) is 13.1 Å². The first kappa shape index (κ1) is 11.9. The third-order valence-corrected chi connectivity index (χ3v) is 4.08. The maximum Gasteiger partial charge on any atom is 0.220 e. The molecule has 0 unspecified atom stereocenters. The second-order valence-electron chi connectivity index (χ2n) is 5.71. The molecule has 2 aliphatic rings. The van der Waals surface area contributed by atoms with Gasteiger partial charge in [-0.1, -0.05) is 12.8 Å². The normalized spacial score (nSPS) is 25.6. The van der Waals surface area contributed by atoms with E-state index in [2.05, 4.69) is 17.6 Å². The van der Waals surface area contributed by atoms with Crippen molar-refractivity contribution >= 4 is 5.91 Å². The largest absolute Gasteiger partial charge is 0.351 e. The molecule has 1 amide bonds. The van der Waals surface area contributed by atoms with Crippen molar-refractivity contribution in [1.82, 2.24) is 10.6 Å². The van der Waals surface area contributed by atoms with Gasteiger partial charge < -0.3 is 10.6 Å². The minimum Gasteiger partial charge on any atom is -0.351 e. The molecule has 2 N–H and O–H groups in total. The maximum atomic E-state index is 11.9. The lowest BCUT2D eigenvalue weighted by atomic mass is 9.93. The van der Waals surface area contributed by atoms with E-state index in [9.17, 15) is 4.79 Å². The monoisotopic (exact) mass is 224 g/mol. The Kier molecular flexibility index (Phi) is 3.85. The third-order valence-electron chi connectivity index (χ3n) is 4.08. The summed E-state index contributed by atoms with van der Waals surface area (Å²) in [6, 6.07) is 0. The first-order valence-electron chi connectivity index (χ1n) is 6.70. The van der Waals surface area contributed by atoms with Crippen LogP contribution in [0.3, 0.4) is 0 Å². The van der Waals surface area contributed by atoms with Gasteiger partial charge in [0.2, 0.25) is 5.91 Å². The van der Waals surface area contributed by atoms with Gasteiger partial charge in [0.1, 0.15) is 0 Å². The second kappa shape index (κ2) is 5.17. The smallest absolute Gasteiger partial charge is 0.220 e. The highest BCUT2D eigenvalue weighted by molar-refractivity contribution is 5.77. The fraction of sp³-hybridized carbons (Fsp3) is 0.923. The van der Waals surface area contributed by atoms with Crippen LogP contribution in [0.4, 0.5) is 0 Å². The number of nitrogens with one attached hydrogen (secondary N) is 2. The van der Waals surface area contributed by atoms with Gasteiger partial charge in [0.25, 0.3) is 0 Å². The highest BCUT2D eigenvalue weighted by Crippen LogP contribution is 2.29. The van der Waals surface area contributed by atoms with Crippen molar-refractivity contribution in [1.29, 1.82) is 0 Å². The van der Waals surface area contributed by atoms with Gasteiger partial charge in [-0.15, -0.1) is 0 Å². The summed E-state index contributed by atoms with van der Waals surface area (Å²) in [4.78, 5) is 11.9. The van der Waals surface area contributed by atoms with Gasteiger partial charge in [-0.2, -0.15) is 0 Å². The summed E-state index contributed by atoms with van der Waals surface area (Å²) in [5.41, 5.74) is 0.101. The summed E-state index contributed by atoms with van der Waals surface area (Å²) >= 11 is 0. The van der Waals surface area contributed by atoms with Crippen LogP contribution in [-0.4, -0.2) is 24.5 Å². The van der Waals surface area contributed by atoms with Crippen LogP contribution in [0, 0.1) is 5.92 Å². The maximum absolute atomic E-state index is 11.9. The summed E-state index contributed by atoms with van der Waals surface area (Å²) < 4.78 is 0. The zero-order chi connectivity index (χ0) is 11.4. The number of carbonyl (C=O) groups is 1. The topological polar surface area (TPSA) is 41.1 Å². The lowest BCUT2D eigenvalue weighted by molar-refractivity contribution is -0.123. The van der Waals surface area contributed by atoms with E-state index < -0.39 is 0 Å². The summed E-state index contributed by atoms with van der Waals surface area (Å²) in [7, 11) is 0. The van der Waals surface area contributed by atoms with Gasteiger partial charge >= 0.3 is 0 Å². The Bertz CT molecular complexity index is 240. The third kappa shape index (κ3) is 3.21. The molecule has 1 saturated carbocycles. The van der Waals surface area contributed by atoms with E-state index in [1.165, 1.54) is 12.8 Å². The number of piperidine rings is 1. The number of hydrogen-bond acceptors (Lipinski definition) is 2. The lowest BCUT2D eigenvalue weighted by Crippen LogP contribution is -2.44. The number of carbonyl (C=O) groups excluding carboxylic acids is 1. The van der Waals surface area contributed by atoms with Crippen molar-refractivity contribution in [3.8, 4) is 0 Å². The van der Waals surface area contributed by atoms with Crippen molar-refractivity contribution in [3.63, 3.8) is 0 Å². The van der Waals surface area contributed by atoms with Crippen LogP contribution < -0.4 is 10.6 Å². The second-order valence-corrected chi connectivity index (χ2v) is 5.71. The number of amides is 1. The van der Waals surface area contributed by atoms with Crippen LogP contribution in [0.1, 0.15) is 51.9 Å². The SMILES string of the molecule is CC1(NC(=O)CC2CCNCC2)CCCC1. The van der Waals surface area contributed by atoms with E-state index in [-0.39, 0.29) is 11.4 Å². The van der Waals surface area contributed by atoms with E-state index in [0.717, 1.165) is 45.2 Å². The van der Waals surface area contributed by atoms with Crippen LogP contribution in [0.5, 0.6) is 0 Å². The molecule has 1 saturated heterocycles. The van der Waals surface area contributed by atoms with Crippen LogP contribution in [-0.2, 0) is 4.79 Å². The molecule has 16 heavy (non-hydrogen) atoms. The standard InChI is InChI=1S/C13H24N2O/c1-13(6-2-3-7-13)15-12(16)10-11-4-8-14-9-5-11/h11,14H,2-10H2,1H3,(H,15,16). The van der Waals surface area contributed by atoms with E-state index in [1.54, 1.807) is 0 Å². The van der Waals surface area contributed by atoms with E-state index in [0.29, 0.717) is 5.92 Å². The van der Waals surface area contributed by atoms with Crippen LogP contribution in [0.15, 0.2) is 0 Å². The molecule has 0 radical (unpaired) electrons. The Morgan fingerprint density at radius 3 is 2.56 bits per heavy atom. The molecule has 0 aromatic rings. The van der Waals surface area contributed by atoms with Gasteiger partial charge in [0, 0.05) is 12.0 Å². The molecule has 2 rings (SSSR count). The minimum absolute atomic E-state index is 0.101. The molecular weight excluding hydrogens is 200 g/mol. The van der Waals surface area contributed by atoms with E-state index in [1.807, 2.05) is 0 Å². The van der Waals surface area contributed by atoms with Gasteiger partial charge in [0.15, 0.2) is 0 Å². The Morgan fingerprint density at radius 1 is 1.31 bits per heavy atom. The quantitative estimate of drug-likeness (QED) is 0.768. The average Bonchev–Trinajstić information content (AvgIpc) is 2.66. The molecule has 1 aliphatic heterocycles. The molecule has 0 atom stereocenters. The number of rotatable bonds is 3. The molecule has 92 valence electrons. The summed E-state index contributed by atoms with van der Waals surface area (Å²) in [5.74, 6) is 0.877. The van der Waals surface area contributed by atoms with Crippen LogP contribution in [0.2, 0.25) is 0 Å². The Balaban J connectivity index is 1.74. The van der Waals surface area contributed by atoms with E-state index >= 15 is 0 Å². The van der Waals surface area contributed by atoms with Gasteiger partial charge in [-0.05, 0) is 51.6 Å². The molecular formula is C13H24N2O. The molecule has 0 bridgehead atoms. The Morgan fingerprint density at radius 2 is 1.94 bits per heavy atom. The molecule has 1 heterocycles. The fourth-order valence-corrected chi connectivity index (χ4v) is 3.02. The van der Waals surface area contributed by atoms with E-state index in [4.69, 9.17) is 0 Å². The van der Waals surface area contributed by atoms with Gasteiger partial charge in [0.05, 0.1) is 0 Å². The summed E-state index contributed by atoms with van der Waals surface area (Å²) in [6.45, 7) is 4.35. The van der Waals surface area contributed by atoms with Crippen molar-refractivity contribution in [2.45, 2.75) is 57.4 Å². The zero-order valence-electron chi connectivity index (χ0n) is 10.3. The fourth-order valence-electron chi connectivity index (χ4n) is 3.02. The van der Waals surface area contributed by atoms with Crippen LogP contribution in [0.25, 0.3) is 0 Å². The minimum atomic E-state index is 0.101. The highest BCUT2D eigenvalue weighted by Gasteiger charge is 2.30. The first-order valence-corrected chi connectivity index (χ1v) is 6.70. The van der Waals surface area contributed by atoms with Crippen molar-refractivity contribution in [2.24, 2.45) is 5.92 Å². The van der Waals surface area contributed by atoms with Gasteiger partial charge in [-0.3, -0.25) is 4.79 Å². The Labute approximate surface area is 98.4 Å². The van der Waals surface area contributed by atoms with Crippen molar-refractivity contribution in [3.05, 3.63) is 0 Å².